The number of carboxylic acid groups (broad SMARTS) is 1. The van der Waals surface area contributed by atoms with Gasteiger partial charge in [0.2, 0.25) is 11.8 Å². The van der Waals surface area contributed by atoms with Gasteiger partial charge in [0.1, 0.15) is 23.7 Å². The number of carbonyl (C=O) groups excluding carboxylic acids is 3. The number of amides is 3. The average Bonchev–Trinajstić information content (AvgIpc) is 3.29. The maximum Gasteiger partial charge on any atom is 0.410 e. The van der Waals surface area contributed by atoms with Gasteiger partial charge in [0, 0.05) is 19.5 Å². The van der Waals surface area contributed by atoms with Gasteiger partial charge >= 0.3 is 12.1 Å². The van der Waals surface area contributed by atoms with Crippen molar-refractivity contribution in [2.75, 3.05) is 18.6 Å². The van der Waals surface area contributed by atoms with Gasteiger partial charge < -0.3 is 20.1 Å². The number of hydrogen-bond donors (Lipinski definition) is 2. The first-order valence-corrected chi connectivity index (χ1v) is 13.3. The zero-order valence-corrected chi connectivity index (χ0v) is 21.6. The van der Waals surface area contributed by atoms with Crippen LogP contribution in [-0.4, -0.2) is 81.1 Å². The molecule has 2 aliphatic rings. The molecule has 0 radical (unpaired) electrons. The largest absolute Gasteiger partial charge is 0.480 e. The second kappa shape index (κ2) is 11.3. The summed E-state index contributed by atoms with van der Waals surface area (Å²) in [5.74, 6) is -1.34. The number of aliphatic carboxylic acids is 1. The molecule has 0 saturated carbocycles. The number of hydrogen-bond acceptors (Lipinski definition) is 6. The molecule has 192 valence electrons. The lowest BCUT2D eigenvalue weighted by atomic mass is 9.92. The number of carbonyl (C=O) groups is 4. The summed E-state index contributed by atoms with van der Waals surface area (Å²) < 4.78 is 5.51. The quantitative estimate of drug-likeness (QED) is 0.585. The molecule has 0 aliphatic carbocycles. The maximum atomic E-state index is 13.8. The van der Waals surface area contributed by atoms with Gasteiger partial charge in [0.25, 0.3) is 0 Å². The van der Waals surface area contributed by atoms with E-state index >= 15 is 0 Å². The molecule has 3 amide bonds. The highest BCUT2D eigenvalue weighted by molar-refractivity contribution is 7.98. The van der Waals surface area contributed by atoms with Crippen molar-refractivity contribution in [1.29, 1.82) is 0 Å². The molecule has 1 aromatic rings. The van der Waals surface area contributed by atoms with E-state index < -0.39 is 41.7 Å². The van der Waals surface area contributed by atoms with Gasteiger partial charge in [0.15, 0.2) is 0 Å². The molecule has 1 aromatic carbocycles. The minimum Gasteiger partial charge on any atom is -0.480 e. The SMILES string of the molecule is CSCC[C@@H](NC(=O)C1Cc2ccccc2CN1C(=O)[C@@H]1CCCN1C(=O)OC(C)(C)C)C(=O)O. The maximum absolute atomic E-state index is 13.8. The number of nitrogens with zero attached hydrogens (tertiary/aromatic N) is 2. The van der Waals surface area contributed by atoms with Crippen molar-refractivity contribution in [1.82, 2.24) is 15.1 Å². The van der Waals surface area contributed by atoms with Crippen LogP contribution in [0.15, 0.2) is 24.3 Å². The van der Waals surface area contributed by atoms with E-state index in [2.05, 4.69) is 5.32 Å². The Morgan fingerprint density at radius 2 is 1.83 bits per heavy atom. The van der Waals surface area contributed by atoms with Crippen LogP contribution in [0.2, 0.25) is 0 Å². The van der Waals surface area contributed by atoms with Crippen molar-refractivity contribution in [2.45, 2.75) is 76.7 Å². The molecule has 9 nitrogen and oxygen atoms in total. The number of rotatable bonds is 7. The van der Waals surface area contributed by atoms with Crippen LogP contribution in [0.5, 0.6) is 0 Å². The second-order valence-corrected chi connectivity index (χ2v) is 11.0. The molecule has 2 N–H and O–H groups in total. The molecule has 1 saturated heterocycles. The van der Waals surface area contributed by atoms with Crippen molar-refractivity contribution in [2.24, 2.45) is 0 Å². The van der Waals surface area contributed by atoms with Crippen LogP contribution in [0.4, 0.5) is 4.79 Å². The fourth-order valence-corrected chi connectivity index (χ4v) is 4.98. The Kier molecular flexibility index (Phi) is 8.69. The Morgan fingerprint density at radius 3 is 2.46 bits per heavy atom. The highest BCUT2D eigenvalue weighted by Crippen LogP contribution is 2.28. The zero-order valence-electron chi connectivity index (χ0n) is 20.8. The predicted molar refractivity (Wildman–Crippen MR) is 133 cm³/mol. The lowest BCUT2D eigenvalue weighted by molar-refractivity contribution is -0.147. The molecule has 3 rings (SSSR count). The van der Waals surface area contributed by atoms with Gasteiger partial charge in [-0.3, -0.25) is 14.5 Å². The van der Waals surface area contributed by atoms with E-state index in [0.29, 0.717) is 25.1 Å². The third-order valence-electron chi connectivity index (χ3n) is 6.23. The van der Waals surface area contributed by atoms with E-state index in [1.807, 2.05) is 30.5 Å². The summed E-state index contributed by atoms with van der Waals surface area (Å²) in [7, 11) is 0. The van der Waals surface area contributed by atoms with E-state index in [4.69, 9.17) is 4.74 Å². The lowest BCUT2D eigenvalue weighted by Crippen LogP contribution is -2.59. The first-order valence-electron chi connectivity index (χ1n) is 11.9. The first kappa shape index (κ1) is 26.8. The van der Waals surface area contributed by atoms with Crippen LogP contribution in [0.1, 0.15) is 51.2 Å². The van der Waals surface area contributed by atoms with E-state index in [0.717, 1.165) is 11.1 Å². The van der Waals surface area contributed by atoms with E-state index in [9.17, 15) is 24.3 Å². The summed E-state index contributed by atoms with van der Waals surface area (Å²) in [6.45, 7) is 5.94. The minimum atomic E-state index is -1.10. The molecule has 1 unspecified atom stereocenters. The number of carboxylic acids is 1. The molecule has 10 heteroatoms. The number of fused-ring (bicyclic) bond motifs is 1. The van der Waals surface area contributed by atoms with Crippen LogP contribution >= 0.6 is 11.8 Å². The summed E-state index contributed by atoms with van der Waals surface area (Å²) >= 11 is 1.50. The Labute approximate surface area is 210 Å². The van der Waals surface area contributed by atoms with Crippen molar-refractivity contribution in [3.8, 4) is 0 Å². The van der Waals surface area contributed by atoms with Gasteiger partial charge in [-0.2, -0.15) is 11.8 Å². The van der Waals surface area contributed by atoms with Gasteiger partial charge in [-0.05, 0) is 63.2 Å². The van der Waals surface area contributed by atoms with Gasteiger partial charge in [-0.1, -0.05) is 24.3 Å². The van der Waals surface area contributed by atoms with Crippen molar-refractivity contribution < 1.29 is 29.0 Å². The third-order valence-corrected chi connectivity index (χ3v) is 6.87. The van der Waals surface area contributed by atoms with Crippen molar-refractivity contribution >= 4 is 35.6 Å². The summed E-state index contributed by atoms with van der Waals surface area (Å²) in [6.07, 6.45) is 3.03. The predicted octanol–water partition coefficient (Wildman–Crippen LogP) is 2.66. The van der Waals surface area contributed by atoms with E-state index in [-0.39, 0.29) is 25.3 Å². The molecule has 1 fully saturated rings. The lowest BCUT2D eigenvalue weighted by Gasteiger charge is -2.39. The highest BCUT2D eigenvalue weighted by Gasteiger charge is 2.43. The molecule has 0 bridgehead atoms. The van der Waals surface area contributed by atoms with Crippen LogP contribution < -0.4 is 5.32 Å². The van der Waals surface area contributed by atoms with Crippen LogP contribution in [0.3, 0.4) is 0 Å². The van der Waals surface area contributed by atoms with Crippen LogP contribution in [-0.2, 0) is 32.1 Å². The fourth-order valence-electron chi connectivity index (χ4n) is 4.50. The van der Waals surface area contributed by atoms with Crippen LogP contribution in [0, 0.1) is 0 Å². The Morgan fingerprint density at radius 1 is 1.14 bits per heavy atom. The number of thioether (sulfide) groups is 1. The van der Waals surface area contributed by atoms with Gasteiger partial charge in [-0.15, -0.1) is 0 Å². The average molecular weight is 506 g/mol. The smallest absolute Gasteiger partial charge is 0.410 e. The molecule has 2 aliphatic heterocycles. The molecule has 0 aromatic heterocycles. The number of ether oxygens (including phenoxy) is 1. The first-order chi connectivity index (χ1) is 16.5. The summed E-state index contributed by atoms with van der Waals surface area (Å²) in [5.41, 5.74) is 1.19. The van der Waals surface area contributed by atoms with Crippen LogP contribution in [0.25, 0.3) is 0 Å². The molecular weight excluding hydrogens is 470 g/mol. The summed E-state index contributed by atoms with van der Waals surface area (Å²) in [5, 5.41) is 12.2. The summed E-state index contributed by atoms with van der Waals surface area (Å²) in [4.78, 5) is 54.6. The number of nitrogens with one attached hydrogen (secondary N) is 1. The van der Waals surface area contributed by atoms with Gasteiger partial charge in [-0.25, -0.2) is 9.59 Å². The molecule has 35 heavy (non-hydrogen) atoms. The minimum absolute atomic E-state index is 0.217. The standard InChI is InChI=1S/C25H35N3O6S/c1-25(2,3)34-24(33)27-12-7-10-19(27)22(30)28-15-17-9-6-5-8-16(17)14-20(28)21(29)26-18(23(31)32)11-13-35-4/h5-6,8-9,18-20H,7,10-15H2,1-4H3,(H,26,29)(H,31,32)/t18-,19+,20?/m1/s1. The highest BCUT2D eigenvalue weighted by atomic mass is 32.2. The van der Waals surface area contributed by atoms with E-state index in [1.54, 1.807) is 20.8 Å². The second-order valence-electron chi connectivity index (χ2n) is 9.97. The Bertz CT molecular complexity index is 963. The topological polar surface area (TPSA) is 116 Å². The summed E-state index contributed by atoms with van der Waals surface area (Å²) in [6, 6.07) is 4.98. The molecule has 3 atom stereocenters. The number of benzene rings is 1. The zero-order chi connectivity index (χ0) is 25.8. The Balaban J connectivity index is 1.85. The molecule has 0 spiro atoms. The molecular formula is C25H35N3O6S. The number of likely N-dealkylation sites (tertiary alicyclic amines) is 1. The van der Waals surface area contributed by atoms with Gasteiger partial charge in [0.05, 0.1) is 0 Å². The van der Waals surface area contributed by atoms with E-state index in [1.165, 1.54) is 21.6 Å². The molecule has 2 heterocycles. The van der Waals surface area contributed by atoms with Crippen molar-refractivity contribution in [3.05, 3.63) is 35.4 Å². The third kappa shape index (κ3) is 6.68. The monoisotopic (exact) mass is 505 g/mol. The fraction of sp³-hybridized carbons (Fsp3) is 0.600. The van der Waals surface area contributed by atoms with Crippen molar-refractivity contribution in [3.63, 3.8) is 0 Å². The normalized spacial score (nSPS) is 20.7. The Hall–Kier alpha value is -2.75.